The molecule has 0 unspecified atom stereocenters. The van der Waals surface area contributed by atoms with Crippen molar-refractivity contribution in [2.24, 2.45) is 0 Å². The van der Waals surface area contributed by atoms with Gasteiger partial charge in [0, 0.05) is 16.7 Å². The standard InChI is InChI=1S/C47H37N3/c1-46(2)41-18-12-11-17-37(41)40-28-36-26-22-31-21-25-35(27-38(31)39(36)29-42(40)47(46,3)4)30-19-23-34(24-20-30)45-49-43(32-13-7-5-8-14-32)48-44(50-45)33-15-9-6-10-16-33/h5-29H,1-4H3. The van der Waals surface area contributed by atoms with Crippen molar-refractivity contribution in [3.05, 3.63) is 163 Å². The lowest BCUT2D eigenvalue weighted by atomic mass is 9.55. The Labute approximate surface area is 293 Å². The topological polar surface area (TPSA) is 38.7 Å². The van der Waals surface area contributed by atoms with Crippen molar-refractivity contribution < 1.29 is 0 Å². The molecule has 0 amide bonds. The molecule has 0 bridgehead atoms. The zero-order valence-corrected chi connectivity index (χ0v) is 28.8. The molecule has 50 heavy (non-hydrogen) atoms. The summed E-state index contributed by atoms with van der Waals surface area (Å²) >= 11 is 0. The molecule has 0 radical (unpaired) electrons. The zero-order valence-electron chi connectivity index (χ0n) is 28.8. The molecule has 1 aliphatic carbocycles. The molecule has 8 aromatic rings. The van der Waals surface area contributed by atoms with Crippen molar-refractivity contribution in [2.75, 3.05) is 0 Å². The molecule has 3 heteroatoms. The van der Waals surface area contributed by atoms with E-state index in [1.807, 2.05) is 60.7 Å². The molecule has 1 aromatic heterocycles. The van der Waals surface area contributed by atoms with Crippen LogP contribution < -0.4 is 0 Å². The maximum absolute atomic E-state index is 4.93. The van der Waals surface area contributed by atoms with Crippen LogP contribution in [0.3, 0.4) is 0 Å². The average molecular weight is 644 g/mol. The molecule has 0 saturated heterocycles. The van der Waals surface area contributed by atoms with Crippen LogP contribution in [0.5, 0.6) is 0 Å². The summed E-state index contributed by atoms with van der Waals surface area (Å²) in [6.07, 6.45) is 0. The largest absolute Gasteiger partial charge is 0.208 e. The van der Waals surface area contributed by atoms with Crippen molar-refractivity contribution in [1.82, 2.24) is 15.0 Å². The second kappa shape index (κ2) is 11.3. The second-order valence-electron chi connectivity index (χ2n) is 14.5. The van der Waals surface area contributed by atoms with E-state index in [1.165, 1.54) is 49.4 Å². The van der Waals surface area contributed by atoms with Gasteiger partial charge in [-0.2, -0.15) is 0 Å². The van der Waals surface area contributed by atoms with Gasteiger partial charge in [-0.25, -0.2) is 15.0 Å². The number of hydrogen-bond acceptors (Lipinski definition) is 3. The molecule has 3 nitrogen and oxygen atoms in total. The first kappa shape index (κ1) is 30.2. The molecule has 7 aromatic carbocycles. The first-order chi connectivity index (χ1) is 24.3. The van der Waals surface area contributed by atoms with Crippen LogP contribution in [0.4, 0.5) is 0 Å². The van der Waals surface area contributed by atoms with Gasteiger partial charge in [0.25, 0.3) is 0 Å². The third-order valence-corrected chi connectivity index (χ3v) is 11.3. The van der Waals surface area contributed by atoms with E-state index in [4.69, 9.17) is 15.0 Å². The zero-order chi connectivity index (χ0) is 34.0. The predicted molar refractivity (Wildman–Crippen MR) is 208 cm³/mol. The van der Waals surface area contributed by atoms with Crippen molar-refractivity contribution >= 4 is 21.5 Å². The van der Waals surface area contributed by atoms with Gasteiger partial charge in [0.1, 0.15) is 0 Å². The quantitative estimate of drug-likeness (QED) is 0.179. The van der Waals surface area contributed by atoms with Gasteiger partial charge in [0.15, 0.2) is 17.5 Å². The fourth-order valence-corrected chi connectivity index (χ4v) is 7.71. The molecule has 0 saturated carbocycles. The number of rotatable bonds is 4. The fraction of sp³-hybridized carbons (Fsp3) is 0.128. The fourth-order valence-electron chi connectivity index (χ4n) is 7.71. The van der Waals surface area contributed by atoms with E-state index in [-0.39, 0.29) is 10.8 Å². The maximum Gasteiger partial charge on any atom is 0.164 e. The lowest BCUT2D eigenvalue weighted by molar-refractivity contribution is 0.299. The molecule has 9 rings (SSSR count). The third-order valence-electron chi connectivity index (χ3n) is 11.3. The SMILES string of the molecule is CC1(C)c2ccccc2-c2cc3ccc4ccc(-c5ccc(-c6nc(-c7ccccc7)nc(-c7ccccc7)n6)cc5)cc4c3cc2C1(C)C. The van der Waals surface area contributed by atoms with Gasteiger partial charge in [0.05, 0.1) is 0 Å². The van der Waals surface area contributed by atoms with Crippen LogP contribution in [-0.4, -0.2) is 15.0 Å². The molecule has 0 N–H and O–H groups in total. The van der Waals surface area contributed by atoms with Crippen LogP contribution in [0.15, 0.2) is 152 Å². The van der Waals surface area contributed by atoms with E-state index >= 15 is 0 Å². The van der Waals surface area contributed by atoms with Gasteiger partial charge >= 0.3 is 0 Å². The predicted octanol–water partition coefficient (Wildman–Crippen LogP) is 12.1. The van der Waals surface area contributed by atoms with Crippen LogP contribution in [0.25, 0.3) is 78.0 Å². The minimum absolute atomic E-state index is 0.00991. The Balaban J connectivity index is 1.14. The molecule has 0 aliphatic heterocycles. The van der Waals surface area contributed by atoms with Crippen molar-refractivity contribution in [1.29, 1.82) is 0 Å². The van der Waals surface area contributed by atoms with Gasteiger partial charge in [-0.1, -0.05) is 161 Å². The number of hydrogen-bond donors (Lipinski definition) is 0. The summed E-state index contributed by atoms with van der Waals surface area (Å²) in [5.74, 6) is 1.99. The highest BCUT2D eigenvalue weighted by Gasteiger charge is 2.45. The normalized spacial score (nSPS) is 14.3. The Morgan fingerprint density at radius 1 is 0.340 bits per heavy atom. The molecule has 0 fully saturated rings. The van der Waals surface area contributed by atoms with Crippen LogP contribution in [-0.2, 0) is 10.8 Å². The van der Waals surface area contributed by atoms with Gasteiger partial charge in [-0.15, -0.1) is 0 Å². The summed E-state index contributed by atoms with van der Waals surface area (Å²) in [6.45, 7) is 9.60. The molecule has 0 spiro atoms. The van der Waals surface area contributed by atoms with Crippen LogP contribution in [0, 0.1) is 0 Å². The molecule has 0 atom stereocenters. The Hall–Kier alpha value is -5.93. The highest BCUT2D eigenvalue weighted by atomic mass is 15.0. The Kier molecular flexibility index (Phi) is 6.82. The van der Waals surface area contributed by atoms with E-state index in [0.717, 1.165) is 22.3 Å². The maximum atomic E-state index is 4.93. The van der Waals surface area contributed by atoms with E-state index < -0.39 is 0 Å². The lowest BCUT2D eigenvalue weighted by Crippen LogP contribution is -2.43. The molecular weight excluding hydrogens is 607 g/mol. The number of nitrogens with zero attached hydrogens (tertiary/aromatic N) is 3. The van der Waals surface area contributed by atoms with Gasteiger partial charge in [0.2, 0.25) is 0 Å². The number of benzene rings is 7. The molecule has 1 aliphatic rings. The summed E-state index contributed by atoms with van der Waals surface area (Å²) < 4.78 is 0. The van der Waals surface area contributed by atoms with Crippen LogP contribution in [0.2, 0.25) is 0 Å². The first-order valence-electron chi connectivity index (χ1n) is 17.4. The Morgan fingerprint density at radius 3 is 1.44 bits per heavy atom. The highest BCUT2D eigenvalue weighted by Crippen LogP contribution is 2.54. The summed E-state index contributed by atoms with van der Waals surface area (Å²) in [5, 5.41) is 5.09. The molecule has 1 heterocycles. The monoisotopic (exact) mass is 643 g/mol. The Morgan fingerprint density at radius 2 is 0.800 bits per heavy atom. The first-order valence-corrected chi connectivity index (χ1v) is 17.4. The highest BCUT2D eigenvalue weighted by molar-refractivity contribution is 6.10. The van der Waals surface area contributed by atoms with E-state index in [2.05, 4.69) is 119 Å². The summed E-state index contributed by atoms with van der Waals surface area (Å²) in [6, 6.07) is 54.1. The van der Waals surface area contributed by atoms with Crippen LogP contribution in [0.1, 0.15) is 38.8 Å². The minimum atomic E-state index is -0.0454. The van der Waals surface area contributed by atoms with E-state index in [9.17, 15) is 0 Å². The summed E-state index contributed by atoms with van der Waals surface area (Å²) in [5.41, 5.74) is 10.7. The van der Waals surface area contributed by atoms with Crippen molar-refractivity contribution in [3.63, 3.8) is 0 Å². The van der Waals surface area contributed by atoms with Gasteiger partial charge in [-0.3, -0.25) is 0 Å². The molecular formula is C47H37N3. The Bertz CT molecular complexity index is 2510. The smallest absolute Gasteiger partial charge is 0.164 e. The second-order valence-corrected chi connectivity index (χ2v) is 14.5. The summed E-state index contributed by atoms with van der Waals surface area (Å²) in [7, 11) is 0. The van der Waals surface area contributed by atoms with E-state index in [0.29, 0.717) is 17.5 Å². The lowest BCUT2D eigenvalue weighted by Gasteiger charge is -2.48. The van der Waals surface area contributed by atoms with Gasteiger partial charge in [-0.05, 0) is 84.0 Å². The van der Waals surface area contributed by atoms with E-state index in [1.54, 1.807) is 0 Å². The van der Waals surface area contributed by atoms with Crippen LogP contribution >= 0.6 is 0 Å². The number of aromatic nitrogens is 3. The van der Waals surface area contributed by atoms with Crippen molar-refractivity contribution in [2.45, 2.75) is 38.5 Å². The average Bonchev–Trinajstić information content (AvgIpc) is 3.17. The molecule has 240 valence electrons. The summed E-state index contributed by atoms with van der Waals surface area (Å²) in [4.78, 5) is 14.7. The van der Waals surface area contributed by atoms with Crippen molar-refractivity contribution in [3.8, 4) is 56.4 Å². The minimum Gasteiger partial charge on any atom is -0.208 e. The van der Waals surface area contributed by atoms with Gasteiger partial charge < -0.3 is 0 Å². The number of fused-ring (bicyclic) bond motifs is 6. The third kappa shape index (κ3) is 4.76.